The van der Waals surface area contributed by atoms with Gasteiger partial charge < -0.3 is 4.74 Å². The molecule has 1 aliphatic heterocycles. The minimum Gasteiger partial charge on any atom is -0.447 e. The molecule has 0 aromatic carbocycles. The zero-order valence-electron chi connectivity index (χ0n) is 8.23. The second-order valence-electron chi connectivity index (χ2n) is 3.41. The normalized spacial score (nSPS) is 21.1. The lowest BCUT2D eigenvalue weighted by atomic mass is 10.2. The largest absolute Gasteiger partial charge is 0.447 e. The van der Waals surface area contributed by atoms with Crippen LogP contribution in [0, 0.1) is 6.92 Å². The Balaban J connectivity index is 2.28. The highest BCUT2D eigenvalue weighted by Gasteiger charge is 2.31. The van der Waals surface area contributed by atoms with E-state index in [1.165, 1.54) is 0 Å². The number of cyclic esters (lactones) is 1. The van der Waals surface area contributed by atoms with Crippen LogP contribution in [-0.2, 0) is 4.74 Å². The molecule has 4 nitrogen and oxygen atoms in total. The summed E-state index contributed by atoms with van der Waals surface area (Å²) in [6.45, 7) is 2.33. The number of carbonyl (C=O) groups is 1. The van der Waals surface area contributed by atoms with Crippen molar-refractivity contribution in [2.24, 2.45) is 0 Å². The van der Waals surface area contributed by atoms with Gasteiger partial charge in [0.05, 0.1) is 5.69 Å². The quantitative estimate of drug-likeness (QED) is 0.677. The van der Waals surface area contributed by atoms with Gasteiger partial charge in [0.2, 0.25) is 0 Å². The van der Waals surface area contributed by atoms with Gasteiger partial charge in [-0.1, -0.05) is 6.07 Å². The van der Waals surface area contributed by atoms with Gasteiger partial charge in [-0.2, -0.15) is 0 Å². The molecule has 0 spiro atoms. The SMILES string of the molecule is Cc1cccc(C2COC(=O)N2C)n1. The van der Waals surface area contributed by atoms with Gasteiger partial charge in [0.15, 0.2) is 0 Å². The Morgan fingerprint density at radius 3 is 2.93 bits per heavy atom. The Morgan fingerprint density at radius 2 is 2.36 bits per heavy atom. The second-order valence-corrected chi connectivity index (χ2v) is 3.41. The third kappa shape index (κ3) is 1.43. The number of ether oxygens (including phenoxy) is 1. The van der Waals surface area contributed by atoms with Crippen LogP contribution < -0.4 is 0 Å². The van der Waals surface area contributed by atoms with E-state index >= 15 is 0 Å². The lowest BCUT2D eigenvalue weighted by Crippen LogP contribution is -2.23. The highest BCUT2D eigenvalue weighted by Crippen LogP contribution is 2.24. The first-order valence-electron chi connectivity index (χ1n) is 4.51. The fourth-order valence-corrected chi connectivity index (χ4v) is 1.52. The molecule has 1 fully saturated rings. The van der Waals surface area contributed by atoms with Gasteiger partial charge in [0.1, 0.15) is 12.6 Å². The molecule has 14 heavy (non-hydrogen) atoms. The van der Waals surface area contributed by atoms with Crippen molar-refractivity contribution >= 4 is 6.09 Å². The van der Waals surface area contributed by atoms with Crippen LogP contribution in [0.3, 0.4) is 0 Å². The highest BCUT2D eigenvalue weighted by atomic mass is 16.6. The molecule has 1 aliphatic rings. The predicted molar refractivity (Wildman–Crippen MR) is 50.8 cm³/mol. The molecule has 1 aromatic rings. The monoisotopic (exact) mass is 192 g/mol. The number of hydrogen-bond acceptors (Lipinski definition) is 3. The Hall–Kier alpha value is -1.58. The van der Waals surface area contributed by atoms with Crippen LogP contribution in [0.4, 0.5) is 4.79 Å². The van der Waals surface area contributed by atoms with Gasteiger partial charge in [-0.15, -0.1) is 0 Å². The lowest BCUT2D eigenvalue weighted by molar-refractivity contribution is 0.163. The topological polar surface area (TPSA) is 42.4 Å². The maximum Gasteiger partial charge on any atom is 0.410 e. The molecule has 1 aromatic heterocycles. The number of amides is 1. The van der Waals surface area contributed by atoms with Crippen molar-refractivity contribution in [2.75, 3.05) is 13.7 Å². The van der Waals surface area contributed by atoms with Crippen molar-refractivity contribution in [3.8, 4) is 0 Å². The molecule has 0 bridgehead atoms. The van der Waals surface area contributed by atoms with Crippen LogP contribution in [0.1, 0.15) is 17.4 Å². The van der Waals surface area contributed by atoms with Crippen LogP contribution in [0.2, 0.25) is 0 Å². The number of aromatic nitrogens is 1. The van der Waals surface area contributed by atoms with Gasteiger partial charge in [-0.3, -0.25) is 9.88 Å². The maximum atomic E-state index is 11.1. The molecular weight excluding hydrogens is 180 g/mol. The van der Waals surface area contributed by atoms with Crippen molar-refractivity contribution in [3.63, 3.8) is 0 Å². The molecule has 1 amide bonds. The summed E-state index contributed by atoms with van der Waals surface area (Å²) in [4.78, 5) is 17.1. The number of nitrogens with zero attached hydrogens (tertiary/aromatic N) is 2. The Morgan fingerprint density at radius 1 is 1.57 bits per heavy atom. The second kappa shape index (κ2) is 3.29. The Labute approximate surface area is 82.5 Å². The molecule has 0 saturated carbocycles. The number of likely N-dealkylation sites (N-methyl/N-ethyl adjacent to an activating group) is 1. The number of aryl methyl sites for hydroxylation is 1. The maximum absolute atomic E-state index is 11.1. The zero-order valence-corrected chi connectivity index (χ0v) is 8.23. The van der Waals surface area contributed by atoms with Crippen LogP contribution >= 0.6 is 0 Å². The van der Waals surface area contributed by atoms with E-state index in [0.717, 1.165) is 11.4 Å². The van der Waals surface area contributed by atoms with Crippen molar-refractivity contribution in [3.05, 3.63) is 29.6 Å². The molecular formula is C10H12N2O2. The highest BCUT2D eigenvalue weighted by molar-refractivity contribution is 5.69. The smallest absolute Gasteiger partial charge is 0.410 e. The Bertz CT molecular complexity index is 365. The van der Waals surface area contributed by atoms with E-state index in [2.05, 4.69) is 4.98 Å². The van der Waals surface area contributed by atoms with E-state index in [1.54, 1.807) is 11.9 Å². The standard InChI is InChI=1S/C10H12N2O2/c1-7-4-3-5-8(11-7)9-6-14-10(13)12(9)2/h3-5,9H,6H2,1-2H3. The predicted octanol–water partition coefficient (Wildman–Crippen LogP) is 1.51. The van der Waals surface area contributed by atoms with E-state index in [-0.39, 0.29) is 12.1 Å². The van der Waals surface area contributed by atoms with Gasteiger partial charge in [-0.05, 0) is 19.1 Å². The van der Waals surface area contributed by atoms with Crippen LogP contribution in [0.15, 0.2) is 18.2 Å². The summed E-state index contributed by atoms with van der Waals surface area (Å²) >= 11 is 0. The van der Waals surface area contributed by atoms with E-state index in [4.69, 9.17) is 4.74 Å². The number of hydrogen-bond donors (Lipinski definition) is 0. The summed E-state index contributed by atoms with van der Waals surface area (Å²) in [6.07, 6.45) is -0.279. The third-order valence-electron chi connectivity index (χ3n) is 2.37. The fraction of sp³-hybridized carbons (Fsp3) is 0.400. The summed E-state index contributed by atoms with van der Waals surface area (Å²) in [5.41, 5.74) is 1.84. The molecule has 1 saturated heterocycles. The van der Waals surface area contributed by atoms with E-state index in [1.807, 2.05) is 25.1 Å². The van der Waals surface area contributed by atoms with Gasteiger partial charge >= 0.3 is 6.09 Å². The van der Waals surface area contributed by atoms with Crippen molar-refractivity contribution in [2.45, 2.75) is 13.0 Å². The Kier molecular flexibility index (Phi) is 2.11. The number of pyridine rings is 1. The molecule has 1 unspecified atom stereocenters. The summed E-state index contributed by atoms with van der Waals surface area (Å²) < 4.78 is 4.92. The fourth-order valence-electron chi connectivity index (χ4n) is 1.52. The lowest BCUT2D eigenvalue weighted by Gasteiger charge is -2.15. The van der Waals surface area contributed by atoms with Gasteiger partial charge in [0, 0.05) is 12.7 Å². The van der Waals surface area contributed by atoms with Crippen LogP contribution in [0.5, 0.6) is 0 Å². The zero-order chi connectivity index (χ0) is 10.1. The van der Waals surface area contributed by atoms with Gasteiger partial charge in [0.25, 0.3) is 0 Å². The van der Waals surface area contributed by atoms with Crippen molar-refractivity contribution in [1.82, 2.24) is 9.88 Å². The van der Waals surface area contributed by atoms with Gasteiger partial charge in [-0.25, -0.2) is 4.79 Å². The molecule has 0 aliphatic carbocycles. The molecule has 0 N–H and O–H groups in total. The first-order chi connectivity index (χ1) is 6.68. The van der Waals surface area contributed by atoms with Crippen molar-refractivity contribution < 1.29 is 9.53 Å². The average molecular weight is 192 g/mol. The summed E-state index contributed by atoms with van der Waals surface area (Å²) in [5, 5.41) is 0. The van der Waals surface area contributed by atoms with E-state index in [0.29, 0.717) is 6.61 Å². The first-order valence-corrected chi connectivity index (χ1v) is 4.51. The molecule has 74 valence electrons. The summed E-state index contributed by atoms with van der Waals surface area (Å²) in [5.74, 6) is 0. The average Bonchev–Trinajstić information content (AvgIpc) is 2.48. The van der Waals surface area contributed by atoms with E-state index in [9.17, 15) is 4.79 Å². The first kappa shape index (κ1) is 8.99. The van der Waals surface area contributed by atoms with Crippen molar-refractivity contribution in [1.29, 1.82) is 0 Å². The molecule has 2 rings (SSSR count). The summed E-state index contributed by atoms with van der Waals surface area (Å²) in [7, 11) is 1.73. The number of rotatable bonds is 1. The van der Waals surface area contributed by atoms with Crippen LogP contribution in [-0.4, -0.2) is 29.6 Å². The van der Waals surface area contributed by atoms with E-state index < -0.39 is 0 Å². The summed E-state index contributed by atoms with van der Waals surface area (Å²) in [6, 6.07) is 5.74. The van der Waals surface area contributed by atoms with Crippen LogP contribution in [0.25, 0.3) is 0 Å². The minimum absolute atomic E-state index is 0.0394. The molecule has 0 radical (unpaired) electrons. The molecule has 2 heterocycles. The molecule has 4 heteroatoms. The molecule has 1 atom stereocenters. The number of carbonyl (C=O) groups excluding carboxylic acids is 1. The third-order valence-corrected chi connectivity index (χ3v) is 2.37. The minimum atomic E-state index is -0.279.